The number of hydrogen-bond acceptors (Lipinski definition) is 4. The Bertz CT molecular complexity index is 401. The Labute approximate surface area is 99.5 Å². The Morgan fingerprint density at radius 2 is 2.12 bits per heavy atom. The van der Waals surface area contributed by atoms with Crippen molar-refractivity contribution in [2.75, 3.05) is 13.2 Å². The van der Waals surface area contributed by atoms with Gasteiger partial charge in [-0.1, -0.05) is 30.3 Å². The van der Waals surface area contributed by atoms with Gasteiger partial charge in [0.05, 0.1) is 25.0 Å². The standard InChI is InChI=1S/C13H14O4/c14-8-13(6-12(15)17-10-13)9-16-7-11-4-2-1-3-5-11/h1-5,8H,6-7,9-10H2/t13-/m1/s1. The lowest BCUT2D eigenvalue weighted by atomic mass is 9.90. The molecule has 1 aromatic carbocycles. The highest BCUT2D eigenvalue weighted by atomic mass is 16.5. The summed E-state index contributed by atoms with van der Waals surface area (Å²) in [7, 11) is 0. The summed E-state index contributed by atoms with van der Waals surface area (Å²) in [5.74, 6) is -0.333. The third-order valence-corrected chi connectivity index (χ3v) is 2.77. The lowest BCUT2D eigenvalue weighted by molar-refractivity contribution is -0.137. The summed E-state index contributed by atoms with van der Waals surface area (Å²) >= 11 is 0. The van der Waals surface area contributed by atoms with Gasteiger partial charge in [0.2, 0.25) is 0 Å². The van der Waals surface area contributed by atoms with Crippen molar-refractivity contribution in [2.45, 2.75) is 13.0 Å². The molecule has 0 saturated carbocycles. The maximum atomic E-state index is 11.0. The maximum Gasteiger partial charge on any atom is 0.307 e. The highest BCUT2D eigenvalue weighted by molar-refractivity contribution is 5.79. The molecule has 0 spiro atoms. The number of rotatable bonds is 5. The average Bonchev–Trinajstić information content (AvgIpc) is 2.73. The molecule has 1 heterocycles. The van der Waals surface area contributed by atoms with E-state index < -0.39 is 5.41 Å². The van der Waals surface area contributed by atoms with Crippen LogP contribution in [-0.2, 0) is 25.7 Å². The fourth-order valence-electron chi connectivity index (χ4n) is 1.76. The lowest BCUT2D eigenvalue weighted by Gasteiger charge is -2.18. The summed E-state index contributed by atoms with van der Waals surface area (Å²) in [6.07, 6.45) is 0.883. The molecule has 1 fully saturated rings. The molecule has 17 heavy (non-hydrogen) atoms. The van der Waals surface area contributed by atoms with Crippen LogP contribution < -0.4 is 0 Å². The van der Waals surface area contributed by atoms with Crippen molar-refractivity contribution in [1.29, 1.82) is 0 Å². The first-order chi connectivity index (χ1) is 8.24. The van der Waals surface area contributed by atoms with Gasteiger partial charge in [-0.05, 0) is 5.56 Å². The second-order valence-electron chi connectivity index (χ2n) is 4.30. The molecule has 2 rings (SSSR count). The minimum absolute atomic E-state index is 0.116. The third-order valence-electron chi connectivity index (χ3n) is 2.77. The number of aldehydes is 1. The first-order valence-electron chi connectivity index (χ1n) is 5.48. The van der Waals surface area contributed by atoms with Gasteiger partial charge in [-0.15, -0.1) is 0 Å². The van der Waals surface area contributed by atoms with Crippen molar-refractivity contribution in [1.82, 2.24) is 0 Å². The second kappa shape index (κ2) is 5.10. The first-order valence-corrected chi connectivity index (χ1v) is 5.48. The minimum Gasteiger partial charge on any atom is -0.464 e. The zero-order valence-electron chi connectivity index (χ0n) is 9.43. The first kappa shape index (κ1) is 11.8. The Balaban J connectivity index is 1.85. The summed E-state index contributed by atoms with van der Waals surface area (Å²) in [4.78, 5) is 22.0. The van der Waals surface area contributed by atoms with Crippen LogP contribution in [0.3, 0.4) is 0 Å². The molecule has 0 bridgehead atoms. The average molecular weight is 234 g/mol. The molecule has 1 aromatic rings. The van der Waals surface area contributed by atoms with Gasteiger partial charge in [-0.3, -0.25) is 4.79 Å². The van der Waals surface area contributed by atoms with Crippen molar-refractivity contribution in [3.8, 4) is 0 Å². The summed E-state index contributed by atoms with van der Waals surface area (Å²) in [5.41, 5.74) is 0.255. The highest BCUT2D eigenvalue weighted by Crippen LogP contribution is 2.27. The van der Waals surface area contributed by atoms with Gasteiger partial charge < -0.3 is 14.3 Å². The quantitative estimate of drug-likeness (QED) is 0.570. The van der Waals surface area contributed by atoms with E-state index >= 15 is 0 Å². The summed E-state index contributed by atoms with van der Waals surface area (Å²) in [6.45, 7) is 0.784. The van der Waals surface area contributed by atoms with Gasteiger partial charge in [0.25, 0.3) is 0 Å². The topological polar surface area (TPSA) is 52.6 Å². The van der Waals surface area contributed by atoms with Crippen molar-refractivity contribution in [3.63, 3.8) is 0 Å². The number of esters is 1. The van der Waals surface area contributed by atoms with E-state index in [1.54, 1.807) is 0 Å². The maximum absolute atomic E-state index is 11.0. The molecule has 4 heteroatoms. The van der Waals surface area contributed by atoms with E-state index in [0.717, 1.165) is 11.8 Å². The van der Waals surface area contributed by atoms with E-state index in [9.17, 15) is 9.59 Å². The molecule has 1 saturated heterocycles. The molecule has 0 aromatic heterocycles. The fraction of sp³-hybridized carbons (Fsp3) is 0.385. The molecule has 0 unspecified atom stereocenters. The monoisotopic (exact) mass is 234 g/mol. The summed E-state index contributed by atoms with van der Waals surface area (Å²) in [5, 5.41) is 0. The predicted octanol–water partition coefficient (Wildman–Crippen LogP) is 1.34. The number of benzene rings is 1. The Kier molecular flexibility index (Phi) is 3.54. The zero-order valence-corrected chi connectivity index (χ0v) is 9.43. The van der Waals surface area contributed by atoms with Crippen LogP contribution >= 0.6 is 0 Å². The number of ether oxygens (including phenoxy) is 2. The van der Waals surface area contributed by atoms with Crippen LogP contribution in [0.5, 0.6) is 0 Å². The van der Waals surface area contributed by atoms with Crippen LogP contribution in [-0.4, -0.2) is 25.5 Å². The smallest absolute Gasteiger partial charge is 0.307 e. The molecule has 0 amide bonds. The minimum atomic E-state index is -0.786. The molecular formula is C13H14O4. The Morgan fingerprint density at radius 3 is 2.71 bits per heavy atom. The van der Waals surface area contributed by atoms with E-state index in [4.69, 9.17) is 9.47 Å². The number of carbonyl (C=O) groups excluding carboxylic acids is 2. The molecule has 4 nitrogen and oxygen atoms in total. The van der Waals surface area contributed by atoms with Crippen LogP contribution in [0.4, 0.5) is 0 Å². The molecule has 90 valence electrons. The van der Waals surface area contributed by atoms with Crippen molar-refractivity contribution in [2.24, 2.45) is 5.41 Å². The Hall–Kier alpha value is -1.68. The molecule has 0 N–H and O–H groups in total. The second-order valence-corrected chi connectivity index (χ2v) is 4.30. The van der Waals surface area contributed by atoms with E-state index in [1.807, 2.05) is 30.3 Å². The molecule has 0 radical (unpaired) electrons. The predicted molar refractivity (Wildman–Crippen MR) is 60.2 cm³/mol. The van der Waals surface area contributed by atoms with Crippen LogP contribution in [0.1, 0.15) is 12.0 Å². The van der Waals surface area contributed by atoms with Crippen LogP contribution in [0.15, 0.2) is 30.3 Å². The van der Waals surface area contributed by atoms with Gasteiger partial charge in [-0.2, -0.15) is 0 Å². The van der Waals surface area contributed by atoms with Gasteiger partial charge in [0.15, 0.2) is 0 Å². The largest absolute Gasteiger partial charge is 0.464 e. The molecule has 1 aliphatic rings. The van der Waals surface area contributed by atoms with Crippen LogP contribution in [0, 0.1) is 5.41 Å². The number of carbonyl (C=O) groups is 2. The van der Waals surface area contributed by atoms with E-state index in [-0.39, 0.29) is 25.6 Å². The summed E-state index contributed by atoms with van der Waals surface area (Å²) < 4.78 is 10.3. The van der Waals surface area contributed by atoms with Gasteiger partial charge in [0.1, 0.15) is 12.9 Å². The third kappa shape index (κ3) is 2.91. The summed E-state index contributed by atoms with van der Waals surface area (Å²) in [6, 6.07) is 9.68. The van der Waals surface area contributed by atoms with Gasteiger partial charge in [-0.25, -0.2) is 0 Å². The SMILES string of the molecule is O=C[C@]1(COCc2ccccc2)COC(=O)C1. The van der Waals surface area contributed by atoms with E-state index in [2.05, 4.69) is 0 Å². The van der Waals surface area contributed by atoms with Crippen molar-refractivity contribution < 1.29 is 19.1 Å². The number of cyclic esters (lactones) is 1. The van der Waals surface area contributed by atoms with E-state index in [1.165, 1.54) is 0 Å². The zero-order chi connectivity index (χ0) is 12.1. The molecular weight excluding hydrogens is 220 g/mol. The molecule has 1 aliphatic heterocycles. The van der Waals surface area contributed by atoms with Crippen LogP contribution in [0.2, 0.25) is 0 Å². The Morgan fingerprint density at radius 1 is 1.35 bits per heavy atom. The van der Waals surface area contributed by atoms with Gasteiger partial charge in [0, 0.05) is 0 Å². The normalized spacial score (nSPS) is 23.4. The van der Waals surface area contributed by atoms with E-state index in [0.29, 0.717) is 6.61 Å². The van der Waals surface area contributed by atoms with Crippen molar-refractivity contribution >= 4 is 12.3 Å². The lowest BCUT2D eigenvalue weighted by Crippen LogP contribution is -2.29. The number of hydrogen-bond donors (Lipinski definition) is 0. The van der Waals surface area contributed by atoms with Gasteiger partial charge >= 0.3 is 5.97 Å². The molecule has 1 atom stereocenters. The fourth-order valence-corrected chi connectivity index (χ4v) is 1.76. The highest BCUT2D eigenvalue weighted by Gasteiger charge is 2.40. The molecule has 0 aliphatic carbocycles. The van der Waals surface area contributed by atoms with Crippen LogP contribution in [0.25, 0.3) is 0 Å². The van der Waals surface area contributed by atoms with Crippen molar-refractivity contribution in [3.05, 3.63) is 35.9 Å².